The molecule has 5 heteroatoms. The fourth-order valence-electron chi connectivity index (χ4n) is 2.39. The van der Waals surface area contributed by atoms with Crippen molar-refractivity contribution in [1.82, 2.24) is 5.32 Å². The maximum Gasteiger partial charge on any atom is 0.252 e. The minimum atomic E-state index is -0.103. The van der Waals surface area contributed by atoms with Gasteiger partial charge >= 0.3 is 0 Å². The van der Waals surface area contributed by atoms with E-state index in [1.165, 1.54) is 5.56 Å². The Morgan fingerprint density at radius 2 is 2.05 bits per heavy atom. The van der Waals surface area contributed by atoms with Crippen LogP contribution in [0.15, 0.2) is 45.3 Å². The van der Waals surface area contributed by atoms with Crippen LogP contribution in [-0.2, 0) is 13.0 Å². The molecule has 108 valence electrons. The maximum absolute atomic E-state index is 12.2. The molecule has 2 aromatic carbocycles. The number of nitrogens with one attached hydrogen (secondary N) is 1. The third-order valence-corrected chi connectivity index (χ3v) is 4.53. The van der Waals surface area contributed by atoms with Crippen LogP contribution in [0.1, 0.15) is 21.5 Å². The van der Waals surface area contributed by atoms with Crippen molar-refractivity contribution in [2.45, 2.75) is 13.0 Å². The number of halogens is 2. The summed E-state index contributed by atoms with van der Waals surface area (Å²) in [7, 11) is 0. The maximum atomic E-state index is 12.2. The summed E-state index contributed by atoms with van der Waals surface area (Å²) >= 11 is 6.90. The lowest BCUT2D eigenvalue weighted by molar-refractivity contribution is 0.0950. The van der Waals surface area contributed by atoms with Crippen molar-refractivity contribution in [2.24, 2.45) is 0 Å². The quantitative estimate of drug-likeness (QED) is 0.827. The van der Waals surface area contributed by atoms with Crippen LogP contribution in [0.25, 0.3) is 0 Å². The van der Waals surface area contributed by atoms with Gasteiger partial charge in [0.05, 0.1) is 12.2 Å². The van der Waals surface area contributed by atoms with Crippen LogP contribution in [0.5, 0.6) is 5.75 Å². The standard InChI is InChI=1S/C16H13Br2NO2/c17-12-7-10-5-6-21-15(10)11(8-12)9-19-16(20)13-3-1-2-4-14(13)18/h1-4,7-8H,5-6,9H2,(H,19,20). The van der Waals surface area contributed by atoms with Crippen molar-refractivity contribution < 1.29 is 9.53 Å². The van der Waals surface area contributed by atoms with Gasteiger partial charge in [0.25, 0.3) is 5.91 Å². The number of fused-ring (bicyclic) bond motifs is 1. The molecule has 0 aliphatic carbocycles. The average Bonchev–Trinajstić information content (AvgIpc) is 2.93. The molecule has 3 nitrogen and oxygen atoms in total. The first kappa shape index (κ1) is 14.6. The molecule has 0 spiro atoms. The molecule has 0 unspecified atom stereocenters. The van der Waals surface area contributed by atoms with E-state index in [9.17, 15) is 4.79 Å². The zero-order chi connectivity index (χ0) is 14.8. The largest absolute Gasteiger partial charge is 0.493 e. The summed E-state index contributed by atoms with van der Waals surface area (Å²) in [6.07, 6.45) is 0.917. The van der Waals surface area contributed by atoms with Crippen molar-refractivity contribution in [3.63, 3.8) is 0 Å². The van der Waals surface area contributed by atoms with Crippen LogP contribution in [0.2, 0.25) is 0 Å². The Labute approximate surface area is 140 Å². The molecule has 0 aromatic heterocycles. The summed E-state index contributed by atoms with van der Waals surface area (Å²) in [5.41, 5.74) is 2.82. The molecule has 21 heavy (non-hydrogen) atoms. The van der Waals surface area contributed by atoms with E-state index in [2.05, 4.69) is 43.2 Å². The Bertz CT molecular complexity index is 701. The van der Waals surface area contributed by atoms with Gasteiger partial charge in [-0.25, -0.2) is 0 Å². The Hall–Kier alpha value is -1.33. The lowest BCUT2D eigenvalue weighted by Gasteiger charge is -2.11. The Kier molecular flexibility index (Phi) is 4.31. The summed E-state index contributed by atoms with van der Waals surface area (Å²) in [6, 6.07) is 11.4. The number of hydrogen-bond acceptors (Lipinski definition) is 2. The van der Waals surface area contributed by atoms with Gasteiger partial charge in [0.15, 0.2) is 0 Å². The van der Waals surface area contributed by atoms with Crippen molar-refractivity contribution in [3.05, 3.63) is 62.0 Å². The first-order valence-corrected chi connectivity index (χ1v) is 8.20. The van der Waals surface area contributed by atoms with E-state index in [0.717, 1.165) is 26.7 Å². The van der Waals surface area contributed by atoms with E-state index < -0.39 is 0 Å². The molecule has 1 heterocycles. The van der Waals surface area contributed by atoms with Crippen molar-refractivity contribution >= 4 is 37.8 Å². The number of carbonyl (C=O) groups excluding carboxylic acids is 1. The summed E-state index contributed by atoms with van der Waals surface area (Å²) in [5, 5.41) is 2.94. The van der Waals surface area contributed by atoms with Crippen LogP contribution in [0.3, 0.4) is 0 Å². The van der Waals surface area contributed by atoms with Crippen LogP contribution in [-0.4, -0.2) is 12.5 Å². The highest BCUT2D eigenvalue weighted by Gasteiger charge is 2.18. The fraction of sp³-hybridized carbons (Fsp3) is 0.188. The second-order valence-corrected chi connectivity index (χ2v) is 6.58. The van der Waals surface area contributed by atoms with Crippen LogP contribution in [0, 0.1) is 0 Å². The van der Waals surface area contributed by atoms with E-state index in [1.54, 1.807) is 6.07 Å². The lowest BCUT2D eigenvalue weighted by atomic mass is 10.1. The number of rotatable bonds is 3. The van der Waals surface area contributed by atoms with E-state index in [4.69, 9.17) is 4.74 Å². The summed E-state index contributed by atoms with van der Waals surface area (Å²) in [4.78, 5) is 12.2. The first-order valence-electron chi connectivity index (χ1n) is 6.62. The molecule has 0 fully saturated rings. The molecule has 0 atom stereocenters. The summed E-state index contributed by atoms with van der Waals surface area (Å²) in [6.45, 7) is 1.15. The van der Waals surface area contributed by atoms with Crippen LogP contribution >= 0.6 is 31.9 Å². The Balaban J connectivity index is 1.77. The highest BCUT2D eigenvalue weighted by molar-refractivity contribution is 9.10. The molecule has 0 saturated carbocycles. The number of ether oxygens (including phenoxy) is 1. The molecule has 1 N–H and O–H groups in total. The highest BCUT2D eigenvalue weighted by Crippen LogP contribution is 2.33. The smallest absolute Gasteiger partial charge is 0.252 e. The molecule has 1 amide bonds. The molecule has 0 bridgehead atoms. The van der Waals surface area contributed by atoms with Gasteiger partial charge in [0.1, 0.15) is 5.75 Å². The second-order valence-electron chi connectivity index (χ2n) is 4.81. The molecule has 1 aliphatic rings. The zero-order valence-corrected chi connectivity index (χ0v) is 14.3. The van der Waals surface area contributed by atoms with Crippen molar-refractivity contribution in [3.8, 4) is 5.75 Å². The van der Waals surface area contributed by atoms with Crippen LogP contribution < -0.4 is 10.1 Å². The van der Waals surface area contributed by atoms with Crippen LogP contribution in [0.4, 0.5) is 0 Å². The van der Waals surface area contributed by atoms with E-state index in [1.807, 2.05) is 24.3 Å². The Morgan fingerprint density at radius 3 is 2.86 bits per heavy atom. The predicted octanol–water partition coefficient (Wildman–Crippen LogP) is 4.08. The first-order chi connectivity index (χ1) is 10.1. The normalized spacial score (nSPS) is 12.7. The molecule has 0 radical (unpaired) electrons. The third-order valence-electron chi connectivity index (χ3n) is 3.38. The fourth-order valence-corrected chi connectivity index (χ4v) is 3.41. The summed E-state index contributed by atoms with van der Waals surface area (Å²) < 4.78 is 7.47. The van der Waals surface area contributed by atoms with Gasteiger partial charge in [0, 0.05) is 27.5 Å². The predicted molar refractivity (Wildman–Crippen MR) is 88.7 cm³/mol. The van der Waals surface area contributed by atoms with Gasteiger partial charge in [-0.2, -0.15) is 0 Å². The van der Waals surface area contributed by atoms with Gasteiger partial charge in [-0.1, -0.05) is 28.1 Å². The topological polar surface area (TPSA) is 38.3 Å². The number of carbonyl (C=O) groups is 1. The number of amides is 1. The van der Waals surface area contributed by atoms with Gasteiger partial charge in [-0.3, -0.25) is 4.79 Å². The van der Waals surface area contributed by atoms with Gasteiger partial charge < -0.3 is 10.1 Å². The van der Waals surface area contributed by atoms with E-state index in [-0.39, 0.29) is 5.91 Å². The highest BCUT2D eigenvalue weighted by atomic mass is 79.9. The average molecular weight is 411 g/mol. The Morgan fingerprint density at radius 1 is 1.24 bits per heavy atom. The lowest BCUT2D eigenvalue weighted by Crippen LogP contribution is -2.23. The third kappa shape index (κ3) is 3.14. The minimum Gasteiger partial charge on any atom is -0.493 e. The molecular weight excluding hydrogens is 398 g/mol. The SMILES string of the molecule is O=C(NCc1cc(Br)cc2c1OCC2)c1ccccc1Br. The molecule has 3 rings (SSSR count). The monoisotopic (exact) mass is 409 g/mol. The molecular formula is C16H13Br2NO2. The zero-order valence-electron chi connectivity index (χ0n) is 11.2. The van der Waals surface area contributed by atoms with Gasteiger partial charge in [-0.05, 0) is 45.8 Å². The molecule has 2 aromatic rings. The van der Waals surface area contributed by atoms with Crippen molar-refractivity contribution in [2.75, 3.05) is 6.61 Å². The molecule has 1 aliphatic heterocycles. The van der Waals surface area contributed by atoms with Gasteiger partial charge in [0.2, 0.25) is 0 Å². The van der Waals surface area contributed by atoms with Crippen molar-refractivity contribution in [1.29, 1.82) is 0 Å². The number of benzene rings is 2. The summed E-state index contributed by atoms with van der Waals surface area (Å²) in [5.74, 6) is 0.805. The van der Waals surface area contributed by atoms with E-state index in [0.29, 0.717) is 18.7 Å². The molecule has 0 saturated heterocycles. The second kappa shape index (κ2) is 6.20. The number of hydrogen-bond donors (Lipinski definition) is 1. The minimum absolute atomic E-state index is 0.103. The van der Waals surface area contributed by atoms with E-state index >= 15 is 0 Å². The van der Waals surface area contributed by atoms with Gasteiger partial charge in [-0.15, -0.1) is 0 Å².